The molecule has 0 saturated carbocycles. The Bertz CT molecular complexity index is 1500. The van der Waals surface area contributed by atoms with E-state index in [9.17, 15) is 9.59 Å². The fraction of sp³-hybridized carbons (Fsp3) is 0.652. The van der Waals surface area contributed by atoms with Crippen LogP contribution in [0.3, 0.4) is 0 Å². The second-order valence-corrected chi connectivity index (χ2v) is 17.2. The zero-order valence-electron chi connectivity index (χ0n) is 37.4. The predicted octanol–water partition coefficient (Wildman–Crippen LogP) is 6.91. The molecule has 2 atom stereocenters. The lowest BCUT2D eigenvalue weighted by atomic mass is 10.1. The molecule has 60 heavy (non-hydrogen) atoms. The Kier molecular flexibility index (Phi) is 20.1. The summed E-state index contributed by atoms with van der Waals surface area (Å²) < 4.78 is 12.2. The van der Waals surface area contributed by atoms with E-state index >= 15 is 0 Å². The lowest BCUT2D eigenvalue weighted by Crippen LogP contribution is -2.79. The van der Waals surface area contributed by atoms with Crippen LogP contribution in [-0.2, 0) is 32.2 Å². The Morgan fingerprint density at radius 1 is 0.517 bits per heavy atom. The maximum absolute atomic E-state index is 14.1. The van der Waals surface area contributed by atoms with Crippen molar-refractivity contribution in [2.45, 2.75) is 181 Å². The lowest BCUT2D eigenvalue weighted by Gasteiger charge is -2.45. The minimum Gasteiger partial charge on any atom is -0.402 e. The van der Waals surface area contributed by atoms with Gasteiger partial charge in [-0.25, -0.2) is 40.8 Å². The first-order valence-electron chi connectivity index (χ1n) is 22.7. The summed E-state index contributed by atoms with van der Waals surface area (Å²) in [5, 5.41) is 26.4. The monoisotopic (exact) mass is 833 g/mol. The molecule has 2 aliphatic rings. The van der Waals surface area contributed by atoms with Crippen molar-refractivity contribution in [1.29, 1.82) is 0 Å². The molecule has 2 aromatic carbocycles. The highest BCUT2D eigenvalue weighted by molar-refractivity contribution is 6.30. The van der Waals surface area contributed by atoms with Gasteiger partial charge in [0.2, 0.25) is 0 Å². The van der Waals surface area contributed by atoms with Crippen molar-refractivity contribution >= 4 is 23.9 Å². The van der Waals surface area contributed by atoms with Crippen LogP contribution in [0.5, 0.6) is 0 Å². The van der Waals surface area contributed by atoms with Crippen molar-refractivity contribution in [2.75, 3.05) is 13.1 Å². The van der Waals surface area contributed by atoms with Gasteiger partial charge in [0, 0.05) is 26.2 Å². The quantitative estimate of drug-likeness (QED) is 0.0214. The van der Waals surface area contributed by atoms with Crippen LogP contribution in [0, 0.1) is 0 Å². The van der Waals surface area contributed by atoms with Crippen LogP contribution in [-0.4, -0.2) is 60.2 Å². The van der Waals surface area contributed by atoms with E-state index in [1.807, 2.05) is 88.4 Å². The van der Waals surface area contributed by atoms with Crippen molar-refractivity contribution < 1.29 is 19.1 Å². The van der Waals surface area contributed by atoms with Gasteiger partial charge in [-0.1, -0.05) is 164 Å². The van der Waals surface area contributed by atoms with E-state index in [2.05, 4.69) is 56.4 Å². The molecule has 0 fully saturated rings. The molecular formula is C46H76N10O4. The molecule has 334 valence electrons. The second-order valence-electron chi connectivity index (χ2n) is 17.2. The molecule has 2 aliphatic heterocycles. The minimum absolute atomic E-state index is 0.300. The van der Waals surface area contributed by atoms with Gasteiger partial charge >= 0.3 is 23.9 Å². The Labute approximate surface area is 360 Å². The van der Waals surface area contributed by atoms with Crippen LogP contribution < -0.4 is 42.5 Å². The van der Waals surface area contributed by atoms with Crippen molar-refractivity contribution in [1.82, 2.24) is 42.5 Å². The smallest absolute Gasteiger partial charge is 0.402 e. The summed E-state index contributed by atoms with van der Waals surface area (Å²) in [6.07, 6.45) is 19.2. The third-order valence-corrected chi connectivity index (χ3v) is 10.4. The van der Waals surface area contributed by atoms with Crippen molar-refractivity contribution in [3.63, 3.8) is 0 Å². The molecule has 14 heteroatoms. The number of hydrogen-bond donors (Lipinski definition) is 8. The van der Waals surface area contributed by atoms with Gasteiger partial charge in [0.15, 0.2) is 11.9 Å². The van der Waals surface area contributed by atoms with Crippen molar-refractivity contribution in [3.05, 3.63) is 71.8 Å². The van der Waals surface area contributed by atoms with Gasteiger partial charge < -0.3 is 20.1 Å². The van der Waals surface area contributed by atoms with E-state index in [4.69, 9.17) is 19.5 Å². The third kappa shape index (κ3) is 17.8. The van der Waals surface area contributed by atoms with Gasteiger partial charge in [-0.15, -0.1) is 0 Å². The molecule has 0 aromatic heterocycles. The first-order chi connectivity index (χ1) is 28.9. The second kappa shape index (κ2) is 24.9. The first kappa shape index (κ1) is 48.4. The van der Waals surface area contributed by atoms with Gasteiger partial charge in [-0.05, 0) is 51.7 Å². The van der Waals surface area contributed by atoms with Crippen LogP contribution in [0.2, 0.25) is 0 Å². The number of guanidine groups is 2. The number of carbonyl (C=O) groups is 2. The van der Waals surface area contributed by atoms with Crippen LogP contribution >= 0.6 is 0 Å². The summed E-state index contributed by atoms with van der Waals surface area (Å²) in [5.41, 5.74) is 0.0888. The highest BCUT2D eigenvalue weighted by Crippen LogP contribution is 2.20. The molecule has 2 aromatic rings. The van der Waals surface area contributed by atoms with Gasteiger partial charge in [0.05, 0.1) is 0 Å². The molecule has 0 saturated heterocycles. The number of carbonyl (C=O) groups excluding carboxylic acids is 2. The van der Waals surface area contributed by atoms with E-state index in [0.717, 1.165) is 36.8 Å². The van der Waals surface area contributed by atoms with E-state index < -0.39 is 35.2 Å². The lowest BCUT2D eigenvalue weighted by molar-refractivity contribution is -0.203. The third-order valence-electron chi connectivity index (χ3n) is 10.4. The van der Waals surface area contributed by atoms with E-state index in [1.165, 1.54) is 77.0 Å². The number of nitrogens with zero attached hydrogens (tertiary/aromatic N) is 2. The van der Waals surface area contributed by atoms with Gasteiger partial charge in [0.25, 0.3) is 0 Å². The van der Waals surface area contributed by atoms with Gasteiger partial charge in [-0.2, -0.15) is 0 Å². The zero-order chi connectivity index (χ0) is 43.2. The molecule has 0 bridgehead atoms. The predicted molar refractivity (Wildman–Crippen MR) is 241 cm³/mol. The van der Waals surface area contributed by atoms with E-state index in [1.54, 1.807) is 0 Å². The number of nitrogens with one attached hydrogen (secondary N) is 8. The highest BCUT2D eigenvalue weighted by Gasteiger charge is 2.49. The molecule has 0 amide bonds. The van der Waals surface area contributed by atoms with Crippen LogP contribution in [0.1, 0.15) is 155 Å². The first-order valence-corrected chi connectivity index (χ1v) is 22.7. The molecule has 0 spiro atoms. The average molecular weight is 833 g/mol. The normalized spacial score (nSPS) is 20.5. The Hall–Kier alpha value is -4.24. The van der Waals surface area contributed by atoms with Crippen LogP contribution in [0.4, 0.5) is 0 Å². The number of rotatable bonds is 26. The summed E-state index contributed by atoms with van der Waals surface area (Å²) in [6.45, 7) is 13.9. The number of hydrogen-bond acceptors (Lipinski definition) is 14. The zero-order valence-corrected chi connectivity index (χ0v) is 37.4. The number of esters is 2. The average Bonchev–Trinajstić information content (AvgIpc) is 3.20. The maximum atomic E-state index is 14.1. The molecule has 0 aliphatic carbocycles. The van der Waals surface area contributed by atoms with E-state index in [-0.39, 0.29) is 0 Å². The SMILES string of the molecule is CCCCCCCCCCNC1=NC(C)(C)NC(NCc2ccccc2)(OC(=O)C(=O)OC2(NCc3ccccc3)NC(NCCCCCCCCCC)=NC(C)(C)N2)N1. The standard InChI is InChI=1S/C46H76N10O4/c1-7-9-11-13-15-17-19-27-33-47-41-51-43(3,4)55-45(53-41,49-35-37-29-23-21-24-30-37)59-39(57)40(58)60-46(50-36-38-31-25-22-26-32-38)54-42(52-44(5,6)56-46)48-34-28-20-18-16-14-12-10-8-2/h21-26,29-32,49-50,55-56H,7-20,27-28,33-36H2,1-6H3,(H2,47,51,53)(H2,48,52,54). The van der Waals surface area contributed by atoms with Crippen molar-refractivity contribution in [2.24, 2.45) is 9.98 Å². The molecule has 2 unspecified atom stereocenters. The number of unbranched alkanes of at least 4 members (excludes halogenated alkanes) is 14. The fourth-order valence-corrected chi connectivity index (χ4v) is 7.38. The van der Waals surface area contributed by atoms with Crippen molar-refractivity contribution in [3.8, 4) is 0 Å². The molecule has 4 rings (SSSR count). The van der Waals surface area contributed by atoms with Crippen LogP contribution in [0.25, 0.3) is 0 Å². The Balaban J connectivity index is 1.47. The summed E-state index contributed by atoms with van der Waals surface area (Å²) in [6, 6.07) is 19.5. The largest absolute Gasteiger partial charge is 0.421 e. The molecule has 0 radical (unpaired) electrons. The topological polar surface area (TPSA) is 174 Å². The maximum Gasteiger partial charge on any atom is 0.421 e. The molecule has 8 N–H and O–H groups in total. The number of aliphatic imine (C=N–C) groups is 2. The Morgan fingerprint density at radius 3 is 1.20 bits per heavy atom. The van der Waals surface area contributed by atoms with Crippen LogP contribution in [0.15, 0.2) is 70.6 Å². The summed E-state index contributed by atoms with van der Waals surface area (Å²) in [7, 11) is 0. The van der Waals surface area contributed by atoms with Gasteiger partial charge in [0.1, 0.15) is 11.3 Å². The van der Waals surface area contributed by atoms with Gasteiger partial charge in [-0.3, -0.25) is 10.6 Å². The minimum atomic E-state index is -1.74. The molecular weight excluding hydrogens is 757 g/mol. The number of benzene rings is 2. The summed E-state index contributed by atoms with van der Waals surface area (Å²) >= 11 is 0. The van der Waals surface area contributed by atoms with E-state index in [0.29, 0.717) is 38.1 Å². The number of ether oxygens (including phenoxy) is 2. The highest BCUT2D eigenvalue weighted by atomic mass is 16.7. The summed E-state index contributed by atoms with van der Waals surface area (Å²) in [4.78, 5) is 37.7. The summed E-state index contributed by atoms with van der Waals surface area (Å²) in [5.74, 6) is -5.06. The molecule has 14 nitrogen and oxygen atoms in total. The molecule has 2 heterocycles. The fourth-order valence-electron chi connectivity index (χ4n) is 7.38. The Morgan fingerprint density at radius 2 is 0.850 bits per heavy atom.